The van der Waals surface area contributed by atoms with Gasteiger partial charge in [-0.25, -0.2) is 4.72 Å². The van der Waals surface area contributed by atoms with Gasteiger partial charge in [0.15, 0.2) is 0 Å². The van der Waals surface area contributed by atoms with Crippen LogP contribution in [-0.4, -0.2) is 48.0 Å². The van der Waals surface area contributed by atoms with Gasteiger partial charge in [-0.2, -0.15) is 12.7 Å². The van der Waals surface area contributed by atoms with Gasteiger partial charge in [0.1, 0.15) is 6.04 Å². The van der Waals surface area contributed by atoms with Crippen molar-refractivity contribution in [1.82, 2.24) is 9.03 Å². The van der Waals surface area contributed by atoms with Gasteiger partial charge in [-0.05, 0) is 6.42 Å². The highest BCUT2D eigenvalue weighted by molar-refractivity contribution is 8.01. The first-order valence-corrected chi connectivity index (χ1v) is 6.99. The van der Waals surface area contributed by atoms with E-state index in [1.54, 1.807) is 0 Å². The summed E-state index contributed by atoms with van der Waals surface area (Å²) in [6, 6.07) is -0.961. The fourth-order valence-electron chi connectivity index (χ4n) is 1.46. The van der Waals surface area contributed by atoms with E-state index in [9.17, 15) is 13.2 Å². The lowest BCUT2D eigenvalue weighted by Gasteiger charge is -2.24. The van der Waals surface area contributed by atoms with E-state index < -0.39 is 22.2 Å². The molecule has 1 aliphatic heterocycles. The molecule has 0 aromatic heterocycles. The van der Waals surface area contributed by atoms with Crippen LogP contribution in [0.4, 0.5) is 0 Å². The van der Waals surface area contributed by atoms with Crippen molar-refractivity contribution in [2.75, 3.05) is 12.8 Å². The molecular formula is C7H14N2O4S2. The van der Waals surface area contributed by atoms with Crippen molar-refractivity contribution in [3.8, 4) is 0 Å². The van der Waals surface area contributed by atoms with Crippen LogP contribution in [0, 0.1) is 0 Å². The molecule has 1 aliphatic rings. The minimum absolute atomic E-state index is 0.288. The van der Waals surface area contributed by atoms with Crippen LogP contribution in [-0.2, 0) is 15.0 Å². The number of aliphatic carboxylic acids is 1. The third kappa shape index (κ3) is 2.44. The largest absolute Gasteiger partial charge is 0.480 e. The second-order valence-corrected chi connectivity index (χ2v) is 6.08. The summed E-state index contributed by atoms with van der Waals surface area (Å²) in [6.45, 7) is 1.83. The molecule has 1 saturated heterocycles. The van der Waals surface area contributed by atoms with Gasteiger partial charge in [0.2, 0.25) is 0 Å². The van der Waals surface area contributed by atoms with Gasteiger partial charge in [0.05, 0.1) is 5.37 Å². The van der Waals surface area contributed by atoms with Crippen molar-refractivity contribution < 1.29 is 18.3 Å². The van der Waals surface area contributed by atoms with E-state index in [1.165, 1.54) is 18.8 Å². The van der Waals surface area contributed by atoms with Crippen LogP contribution >= 0.6 is 11.8 Å². The molecule has 0 aromatic carbocycles. The number of hydrogen-bond acceptors (Lipinski definition) is 4. The number of carboxylic acids is 1. The number of carboxylic acid groups (broad SMARTS) is 1. The predicted octanol–water partition coefficient (Wildman–Crippen LogP) is -0.311. The number of rotatable bonds is 4. The van der Waals surface area contributed by atoms with Crippen LogP contribution < -0.4 is 4.72 Å². The van der Waals surface area contributed by atoms with Gasteiger partial charge in [-0.15, -0.1) is 11.8 Å². The molecule has 2 N–H and O–H groups in total. The third-order valence-corrected chi connectivity index (χ3v) is 5.37. The standard InChI is InChI=1S/C7H14N2O4S2/c1-3-6-9(15(12,13)8-2)5(4-14-6)7(10)11/h5-6,8H,3-4H2,1-2H3,(H,10,11). The minimum atomic E-state index is -3.67. The molecule has 1 heterocycles. The lowest BCUT2D eigenvalue weighted by molar-refractivity contribution is -0.140. The average molecular weight is 254 g/mol. The van der Waals surface area contributed by atoms with Crippen molar-refractivity contribution in [2.24, 2.45) is 0 Å². The van der Waals surface area contributed by atoms with Crippen LogP contribution in [0.2, 0.25) is 0 Å². The second kappa shape index (κ2) is 4.69. The van der Waals surface area contributed by atoms with Crippen LogP contribution in [0.5, 0.6) is 0 Å². The zero-order valence-electron chi connectivity index (χ0n) is 8.50. The zero-order chi connectivity index (χ0) is 11.6. The van der Waals surface area contributed by atoms with Crippen molar-refractivity contribution in [2.45, 2.75) is 24.8 Å². The maximum absolute atomic E-state index is 11.6. The summed E-state index contributed by atoms with van der Waals surface area (Å²) in [7, 11) is -2.39. The molecule has 1 fully saturated rings. The van der Waals surface area contributed by atoms with E-state index in [4.69, 9.17) is 5.11 Å². The predicted molar refractivity (Wildman–Crippen MR) is 57.8 cm³/mol. The Hall–Kier alpha value is -0.310. The SMILES string of the molecule is CCC1SCC(C(=O)O)N1S(=O)(=O)NC. The Labute approximate surface area is 93.2 Å². The lowest BCUT2D eigenvalue weighted by atomic mass is 10.3. The normalized spacial score (nSPS) is 28.1. The van der Waals surface area contributed by atoms with E-state index in [0.717, 1.165) is 4.31 Å². The first-order valence-electron chi connectivity index (χ1n) is 4.50. The first-order chi connectivity index (χ1) is 6.94. The van der Waals surface area contributed by atoms with Gasteiger partial charge >= 0.3 is 5.97 Å². The molecular weight excluding hydrogens is 240 g/mol. The summed E-state index contributed by atoms with van der Waals surface area (Å²) in [5, 5.41) is 8.62. The molecule has 2 unspecified atom stereocenters. The summed E-state index contributed by atoms with van der Waals surface area (Å²) in [5.74, 6) is -0.799. The molecule has 0 aliphatic carbocycles. The van der Waals surface area contributed by atoms with Crippen LogP contribution in [0.1, 0.15) is 13.3 Å². The molecule has 0 amide bonds. The quantitative estimate of drug-likeness (QED) is 0.718. The highest BCUT2D eigenvalue weighted by atomic mass is 32.2. The molecule has 0 saturated carbocycles. The Kier molecular flexibility index (Phi) is 3.99. The average Bonchev–Trinajstić information content (AvgIpc) is 2.61. The molecule has 88 valence electrons. The first kappa shape index (κ1) is 12.8. The number of hydrogen-bond donors (Lipinski definition) is 2. The van der Waals surface area contributed by atoms with E-state index in [0.29, 0.717) is 12.2 Å². The molecule has 0 spiro atoms. The van der Waals surface area contributed by atoms with Crippen LogP contribution in [0.25, 0.3) is 0 Å². The molecule has 8 heteroatoms. The maximum atomic E-state index is 11.6. The third-order valence-electron chi connectivity index (χ3n) is 2.21. The van der Waals surface area contributed by atoms with Crippen molar-refractivity contribution in [3.63, 3.8) is 0 Å². The van der Waals surface area contributed by atoms with Gasteiger partial charge in [0, 0.05) is 12.8 Å². The number of nitrogens with one attached hydrogen (secondary N) is 1. The molecule has 0 bridgehead atoms. The monoisotopic (exact) mass is 254 g/mol. The number of thioether (sulfide) groups is 1. The van der Waals surface area contributed by atoms with E-state index >= 15 is 0 Å². The Morgan fingerprint density at radius 1 is 1.67 bits per heavy atom. The summed E-state index contributed by atoms with van der Waals surface area (Å²) < 4.78 is 26.4. The molecule has 2 atom stereocenters. The highest BCUT2D eigenvalue weighted by Crippen LogP contribution is 2.33. The fourth-order valence-corrected chi connectivity index (χ4v) is 4.48. The number of nitrogens with zero attached hydrogens (tertiary/aromatic N) is 1. The van der Waals surface area contributed by atoms with E-state index in [-0.39, 0.29) is 5.37 Å². The van der Waals surface area contributed by atoms with Crippen molar-refractivity contribution in [3.05, 3.63) is 0 Å². The molecule has 15 heavy (non-hydrogen) atoms. The Morgan fingerprint density at radius 2 is 2.27 bits per heavy atom. The maximum Gasteiger partial charge on any atom is 0.322 e. The van der Waals surface area contributed by atoms with E-state index in [2.05, 4.69) is 4.72 Å². The molecule has 0 radical (unpaired) electrons. The van der Waals surface area contributed by atoms with Crippen molar-refractivity contribution >= 4 is 27.9 Å². The summed E-state index contributed by atoms with van der Waals surface area (Å²) in [6.07, 6.45) is 0.593. The fraction of sp³-hybridized carbons (Fsp3) is 0.857. The van der Waals surface area contributed by atoms with Gasteiger partial charge in [0.25, 0.3) is 10.2 Å². The second-order valence-electron chi connectivity index (χ2n) is 3.09. The Morgan fingerprint density at radius 3 is 2.67 bits per heavy atom. The van der Waals surface area contributed by atoms with Gasteiger partial charge in [-0.1, -0.05) is 6.92 Å². The van der Waals surface area contributed by atoms with Gasteiger partial charge in [-0.3, -0.25) is 4.79 Å². The Balaban J connectivity index is 3.01. The summed E-state index contributed by atoms with van der Waals surface area (Å²) >= 11 is 1.36. The smallest absolute Gasteiger partial charge is 0.322 e. The highest BCUT2D eigenvalue weighted by Gasteiger charge is 2.44. The number of carbonyl (C=O) groups is 1. The van der Waals surface area contributed by atoms with Crippen molar-refractivity contribution in [1.29, 1.82) is 0 Å². The van der Waals surface area contributed by atoms with E-state index in [1.807, 2.05) is 6.92 Å². The summed E-state index contributed by atoms with van der Waals surface area (Å²) in [4.78, 5) is 10.9. The lowest BCUT2D eigenvalue weighted by Crippen LogP contribution is -2.49. The van der Waals surface area contributed by atoms with Gasteiger partial charge < -0.3 is 5.11 Å². The minimum Gasteiger partial charge on any atom is -0.480 e. The summed E-state index contributed by atoms with van der Waals surface area (Å²) in [5.41, 5.74) is 0. The van der Waals surface area contributed by atoms with Crippen LogP contribution in [0.15, 0.2) is 0 Å². The molecule has 1 rings (SSSR count). The topological polar surface area (TPSA) is 86.7 Å². The molecule has 6 nitrogen and oxygen atoms in total. The Bertz CT molecular complexity index is 343. The van der Waals surface area contributed by atoms with Crippen LogP contribution in [0.3, 0.4) is 0 Å². The molecule has 0 aromatic rings. The zero-order valence-corrected chi connectivity index (χ0v) is 10.1.